The number of hydrogen-bond donors (Lipinski definition) is 1. The van der Waals surface area contributed by atoms with Crippen LogP contribution in [-0.2, 0) is 0 Å². The standard InChI is InChI=1S/C18H13N3/c1-2-7-17-15(5-1)18(21-20-17)14-10-8-13(9-11-14)16-6-3-4-12-19-16/h1-12H,(H,20,21). The summed E-state index contributed by atoms with van der Waals surface area (Å²) in [4.78, 5) is 4.37. The van der Waals surface area contributed by atoms with Gasteiger partial charge in [0.1, 0.15) is 0 Å². The van der Waals surface area contributed by atoms with Crippen molar-refractivity contribution in [1.82, 2.24) is 15.2 Å². The predicted octanol–water partition coefficient (Wildman–Crippen LogP) is 4.29. The van der Waals surface area contributed by atoms with Gasteiger partial charge in [-0.2, -0.15) is 5.10 Å². The zero-order chi connectivity index (χ0) is 14.1. The van der Waals surface area contributed by atoms with Crippen LogP contribution in [0.5, 0.6) is 0 Å². The summed E-state index contributed by atoms with van der Waals surface area (Å²) in [5, 5.41) is 8.64. The van der Waals surface area contributed by atoms with Crippen LogP contribution in [0, 0.1) is 0 Å². The van der Waals surface area contributed by atoms with Crippen molar-refractivity contribution >= 4 is 10.9 Å². The number of para-hydroxylation sites is 1. The van der Waals surface area contributed by atoms with E-state index in [1.54, 1.807) is 0 Å². The van der Waals surface area contributed by atoms with E-state index in [1.807, 2.05) is 42.6 Å². The van der Waals surface area contributed by atoms with Crippen molar-refractivity contribution in [2.75, 3.05) is 0 Å². The molecular formula is C18H13N3. The van der Waals surface area contributed by atoms with E-state index < -0.39 is 0 Å². The summed E-state index contributed by atoms with van der Waals surface area (Å²) < 4.78 is 0. The second-order valence-corrected chi connectivity index (χ2v) is 4.91. The van der Waals surface area contributed by atoms with Gasteiger partial charge in [-0.15, -0.1) is 0 Å². The maximum Gasteiger partial charge on any atom is 0.0999 e. The van der Waals surface area contributed by atoms with Crippen LogP contribution in [0.2, 0.25) is 0 Å². The fraction of sp³-hybridized carbons (Fsp3) is 0. The van der Waals surface area contributed by atoms with Crippen LogP contribution >= 0.6 is 0 Å². The highest BCUT2D eigenvalue weighted by Crippen LogP contribution is 2.27. The summed E-state index contributed by atoms with van der Waals surface area (Å²) in [5.74, 6) is 0. The highest BCUT2D eigenvalue weighted by atomic mass is 15.1. The summed E-state index contributed by atoms with van der Waals surface area (Å²) >= 11 is 0. The third kappa shape index (κ3) is 2.09. The van der Waals surface area contributed by atoms with E-state index in [0.29, 0.717) is 0 Å². The lowest BCUT2D eigenvalue weighted by Crippen LogP contribution is -1.83. The Hall–Kier alpha value is -2.94. The Morgan fingerprint density at radius 2 is 1.48 bits per heavy atom. The number of hydrogen-bond acceptors (Lipinski definition) is 2. The lowest BCUT2D eigenvalue weighted by atomic mass is 10.0. The van der Waals surface area contributed by atoms with Gasteiger partial charge in [-0.1, -0.05) is 48.5 Å². The Morgan fingerprint density at radius 1 is 0.714 bits per heavy atom. The monoisotopic (exact) mass is 271 g/mol. The summed E-state index contributed by atoms with van der Waals surface area (Å²) in [5.41, 5.74) is 5.24. The largest absolute Gasteiger partial charge is 0.277 e. The van der Waals surface area contributed by atoms with E-state index in [0.717, 1.165) is 33.4 Å². The van der Waals surface area contributed by atoms with Gasteiger partial charge < -0.3 is 0 Å². The van der Waals surface area contributed by atoms with Crippen molar-refractivity contribution in [1.29, 1.82) is 0 Å². The molecule has 0 aliphatic heterocycles. The van der Waals surface area contributed by atoms with Crippen molar-refractivity contribution in [2.24, 2.45) is 0 Å². The third-order valence-corrected chi connectivity index (χ3v) is 3.59. The molecule has 4 rings (SSSR count). The average Bonchev–Trinajstić information content (AvgIpc) is 3.00. The van der Waals surface area contributed by atoms with Crippen molar-refractivity contribution in [2.45, 2.75) is 0 Å². The van der Waals surface area contributed by atoms with E-state index in [-0.39, 0.29) is 0 Å². The van der Waals surface area contributed by atoms with Gasteiger partial charge in [0.05, 0.1) is 16.9 Å². The Morgan fingerprint density at radius 3 is 2.29 bits per heavy atom. The van der Waals surface area contributed by atoms with Gasteiger partial charge in [-0.3, -0.25) is 10.1 Å². The van der Waals surface area contributed by atoms with Crippen LogP contribution in [0.15, 0.2) is 72.9 Å². The van der Waals surface area contributed by atoms with E-state index in [4.69, 9.17) is 0 Å². The first-order valence-electron chi connectivity index (χ1n) is 6.87. The molecule has 21 heavy (non-hydrogen) atoms. The first kappa shape index (κ1) is 11.9. The topological polar surface area (TPSA) is 41.6 Å². The number of nitrogens with zero attached hydrogens (tertiary/aromatic N) is 2. The van der Waals surface area contributed by atoms with Crippen LogP contribution in [-0.4, -0.2) is 15.2 Å². The molecule has 0 bridgehead atoms. The molecule has 0 radical (unpaired) electrons. The lowest BCUT2D eigenvalue weighted by molar-refractivity contribution is 1.12. The normalized spacial score (nSPS) is 10.9. The van der Waals surface area contributed by atoms with Crippen molar-refractivity contribution in [3.8, 4) is 22.5 Å². The minimum absolute atomic E-state index is 0.982. The molecule has 0 aliphatic rings. The Kier molecular flexibility index (Phi) is 2.75. The number of H-pyrrole nitrogens is 1. The molecule has 0 aliphatic carbocycles. The minimum Gasteiger partial charge on any atom is -0.277 e. The fourth-order valence-corrected chi connectivity index (χ4v) is 2.52. The summed E-state index contributed by atoms with van der Waals surface area (Å²) in [6.45, 7) is 0. The van der Waals surface area contributed by atoms with Crippen LogP contribution in [0.1, 0.15) is 0 Å². The molecule has 3 heteroatoms. The van der Waals surface area contributed by atoms with Crippen LogP contribution < -0.4 is 0 Å². The number of aromatic nitrogens is 3. The predicted molar refractivity (Wildman–Crippen MR) is 84.8 cm³/mol. The maximum atomic E-state index is 4.43. The van der Waals surface area contributed by atoms with E-state index >= 15 is 0 Å². The minimum atomic E-state index is 0.982. The number of rotatable bonds is 2. The number of benzene rings is 2. The molecule has 4 aromatic rings. The van der Waals surface area contributed by atoms with E-state index in [1.165, 1.54) is 0 Å². The van der Waals surface area contributed by atoms with E-state index in [9.17, 15) is 0 Å². The van der Waals surface area contributed by atoms with Gasteiger partial charge in [-0.05, 0) is 18.2 Å². The zero-order valence-corrected chi connectivity index (χ0v) is 11.3. The fourth-order valence-electron chi connectivity index (χ4n) is 2.52. The first-order valence-corrected chi connectivity index (χ1v) is 6.87. The van der Waals surface area contributed by atoms with Gasteiger partial charge in [0.15, 0.2) is 0 Å². The molecule has 100 valence electrons. The SMILES string of the molecule is c1ccc(-c2ccc(-c3n[nH]c4ccccc34)cc2)nc1. The highest BCUT2D eigenvalue weighted by Gasteiger charge is 2.07. The summed E-state index contributed by atoms with van der Waals surface area (Å²) in [7, 11) is 0. The van der Waals surface area contributed by atoms with Crippen LogP contribution in [0.25, 0.3) is 33.4 Å². The highest BCUT2D eigenvalue weighted by molar-refractivity contribution is 5.92. The molecule has 0 saturated heterocycles. The summed E-state index contributed by atoms with van der Waals surface area (Å²) in [6, 6.07) is 22.4. The lowest BCUT2D eigenvalue weighted by Gasteiger charge is -2.02. The van der Waals surface area contributed by atoms with E-state index in [2.05, 4.69) is 45.5 Å². The van der Waals surface area contributed by atoms with Crippen LogP contribution in [0.3, 0.4) is 0 Å². The van der Waals surface area contributed by atoms with Gasteiger partial charge in [0.25, 0.3) is 0 Å². The number of fused-ring (bicyclic) bond motifs is 1. The van der Waals surface area contributed by atoms with Crippen molar-refractivity contribution in [3.05, 3.63) is 72.9 Å². The van der Waals surface area contributed by atoms with Crippen LogP contribution in [0.4, 0.5) is 0 Å². The second kappa shape index (κ2) is 4.87. The van der Waals surface area contributed by atoms with Crippen molar-refractivity contribution in [3.63, 3.8) is 0 Å². The van der Waals surface area contributed by atoms with Gasteiger partial charge in [-0.25, -0.2) is 0 Å². The smallest absolute Gasteiger partial charge is 0.0999 e. The molecule has 0 saturated carbocycles. The molecule has 0 fully saturated rings. The summed E-state index contributed by atoms with van der Waals surface area (Å²) in [6.07, 6.45) is 1.81. The molecule has 2 heterocycles. The molecular weight excluding hydrogens is 258 g/mol. The molecule has 0 spiro atoms. The van der Waals surface area contributed by atoms with Gasteiger partial charge in [0, 0.05) is 22.7 Å². The van der Waals surface area contributed by atoms with Gasteiger partial charge >= 0.3 is 0 Å². The Bertz CT molecular complexity index is 877. The molecule has 2 aromatic carbocycles. The zero-order valence-electron chi connectivity index (χ0n) is 11.3. The molecule has 0 amide bonds. The van der Waals surface area contributed by atoms with Gasteiger partial charge in [0.2, 0.25) is 0 Å². The maximum absolute atomic E-state index is 4.43. The molecule has 0 atom stereocenters. The Labute approximate surface area is 122 Å². The number of nitrogens with one attached hydrogen (secondary N) is 1. The third-order valence-electron chi connectivity index (χ3n) is 3.59. The first-order chi connectivity index (χ1) is 10.4. The number of pyridine rings is 1. The average molecular weight is 271 g/mol. The molecule has 0 unspecified atom stereocenters. The molecule has 1 N–H and O–H groups in total. The molecule has 3 nitrogen and oxygen atoms in total. The number of aromatic amines is 1. The second-order valence-electron chi connectivity index (χ2n) is 4.91. The van der Waals surface area contributed by atoms with Crippen molar-refractivity contribution < 1.29 is 0 Å². The quantitative estimate of drug-likeness (QED) is 0.591. The Balaban J connectivity index is 1.77. The molecule has 2 aromatic heterocycles.